The van der Waals surface area contributed by atoms with E-state index in [1.165, 1.54) is 6.07 Å². The smallest absolute Gasteiger partial charge is 0.164 e. The van der Waals surface area contributed by atoms with Crippen LogP contribution >= 0.6 is 0 Å². The highest BCUT2D eigenvalue weighted by Crippen LogP contribution is 2.40. The van der Waals surface area contributed by atoms with E-state index >= 15 is 0 Å². The maximum Gasteiger partial charge on any atom is 0.164 e. The molecular formula is C45H29N3O. The lowest BCUT2D eigenvalue weighted by Gasteiger charge is -2.11. The van der Waals surface area contributed by atoms with Gasteiger partial charge in [-0.15, -0.1) is 0 Å². The first-order valence-corrected chi connectivity index (χ1v) is 16.0. The predicted molar refractivity (Wildman–Crippen MR) is 200 cm³/mol. The Morgan fingerprint density at radius 1 is 0.408 bits per heavy atom. The maximum atomic E-state index is 9.05. The van der Waals surface area contributed by atoms with Crippen LogP contribution in [-0.2, 0) is 0 Å². The van der Waals surface area contributed by atoms with Crippen molar-refractivity contribution in [3.63, 3.8) is 0 Å². The van der Waals surface area contributed by atoms with Crippen molar-refractivity contribution < 1.29 is 9.90 Å². The Hall–Kier alpha value is -6.65. The molecule has 230 valence electrons. The van der Waals surface area contributed by atoms with Crippen LogP contribution in [0.1, 0.15) is 5.48 Å². The Labute approximate surface area is 289 Å². The van der Waals surface area contributed by atoms with Crippen molar-refractivity contribution in [2.75, 3.05) is 0 Å². The summed E-state index contributed by atoms with van der Waals surface area (Å²) in [6, 6.07) is 48.8. The largest absolute Gasteiger partial charge is 0.455 e. The molecule has 0 radical (unpaired) electrons. The highest BCUT2D eigenvalue weighted by molar-refractivity contribution is 6.15. The molecule has 0 amide bonds. The molecule has 0 saturated carbocycles. The summed E-state index contributed by atoms with van der Waals surface area (Å²) in [6.07, 6.45) is 0. The van der Waals surface area contributed by atoms with Gasteiger partial charge < -0.3 is 4.42 Å². The van der Waals surface area contributed by atoms with Gasteiger partial charge in [-0.2, -0.15) is 0 Å². The highest BCUT2D eigenvalue weighted by atomic mass is 16.3. The van der Waals surface area contributed by atoms with E-state index < -0.39 is 0 Å². The van der Waals surface area contributed by atoms with E-state index in [1.807, 2.05) is 115 Å². The fourth-order valence-corrected chi connectivity index (χ4v) is 6.24. The summed E-state index contributed by atoms with van der Waals surface area (Å²) in [5.74, 6) is 1.14. The maximum absolute atomic E-state index is 9.05. The molecule has 7 aromatic carbocycles. The monoisotopic (exact) mass is 631 g/mol. The van der Waals surface area contributed by atoms with Gasteiger partial charge in [0.1, 0.15) is 11.2 Å². The third-order valence-electron chi connectivity index (χ3n) is 8.66. The van der Waals surface area contributed by atoms with Crippen LogP contribution in [-0.4, -0.2) is 15.0 Å². The Balaban J connectivity index is 1.30. The summed E-state index contributed by atoms with van der Waals surface area (Å²) in [5.41, 5.74) is 7.93. The van der Waals surface area contributed by atoms with Gasteiger partial charge in [0.05, 0.1) is 5.48 Å². The van der Waals surface area contributed by atoms with E-state index in [0.717, 1.165) is 38.9 Å². The van der Waals surface area contributed by atoms with Crippen LogP contribution in [0.5, 0.6) is 0 Å². The minimum absolute atomic E-state index is 0.0726. The Kier molecular flexibility index (Phi) is 6.09. The Bertz CT molecular complexity index is 2810. The van der Waals surface area contributed by atoms with E-state index in [0.29, 0.717) is 39.1 Å². The zero-order valence-corrected chi connectivity index (χ0v) is 26.2. The summed E-state index contributed by atoms with van der Waals surface area (Å²) >= 11 is 0. The average molecular weight is 632 g/mol. The van der Waals surface area contributed by atoms with E-state index in [-0.39, 0.29) is 35.6 Å². The third kappa shape index (κ3) is 5.35. The Morgan fingerprint density at radius 3 is 1.67 bits per heavy atom. The molecule has 9 rings (SSSR count). The van der Waals surface area contributed by atoms with E-state index in [4.69, 9.17) is 24.9 Å². The van der Waals surface area contributed by atoms with E-state index in [2.05, 4.69) is 24.3 Å². The minimum Gasteiger partial charge on any atom is -0.455 e. The summed E-state index contributed by atoms with van der Waals surface area (Å²) in [5, 5.41) is 0.879. The summed E-state index contributed by atoms with van der Waals surface area (Å²) in [7, 11) is 0. The Morgan fingerprint density at radius 2 is 0.959 bits per heavy atom. The van der Waals surface area contributed by atoms with Gasteiger partial charge in [-0.1, -0.05) is 164 Å². The highest BCUT2D eigenvalue weighted by Gasteiger charge is 2.19. The number of aromatic nitrogens is 3. The molecule has 0 unspecified atom stereocenters. The van der Waals surface area contributed by atoms with Crippen molar-refractivity contribution in [3.8, 4) is 67.5 Å². The zero-order valence-electron chi connectivity index (χ0n) is 30.2. The molecule has 0 aliphatic heterocycles. The molecule has 2 aromatic heterocycles. The van der Waals surface area contributed by atoms with Crippen LogP contribution in [0.3, 0.4) is 0 Å². The molecule has 0 bridgehead atoms. The standard InChI is InChI=1S/C45H29N3O/c1-4-13-30(14-5-1)32-25-27-34(28-26-32)43-46-44(36-20-10-19-35(29-36)31-15-6-2-7-16-31)48-45(47-43)39-23-12-24-40-41(39)38-22-11-21-37(42(38)49-40)33-17-8-3-9-18-33/h1-29H/i12D,21D,22D,24D. The van der Waals surface area contributed by atoms with E-state index in [1.54, 1.807) is 6.07 Å². The molecular weight excluding hydrogens is 599 g/mol. The van der Waals surface area contributed by atoms with Crippen LogP contribution in [0, 0.1) is 0 Å². The second kappa shape index (κ2) is 12.2. The van der Waals surface area contributed by atoms with Crippen molar-refractivity contribution in [1.29, 1.82) is 0 Å². The molecule has 0 aliphatic carbocycles. The van der Waals surface area contributed by atoms with Crippen LogP contribution in [0.15, 0.2) is 180 Å². The first kappa shape index (κ1) is 24.5. The van der Waals surface area contributed by atoms with Crippen molar-refractivity contribution in [2.24, 2.45) is 0 Å². The molecule has 0 spiro atoms. The molecule has 4 nitrogen and oxygen atoms in total. The van der Waals surface area contributed by atoms with Crippen molar-refractivity contribution in [3.05, 3.63) is 176 Å². The summed E-state index contributed by atoms with van der Waals surface area (Å²) in [4.78, 5) is 15.0. The fraction of sp³-hybridized carbons (Fsp3) is 0. The fourth-order valence-electron chi connectivity index (χ4n) is 6.24. The average Bonchev–Trinajstić information content (AvgIpc) is 3.61. The number of hydrogen-bond donors (Lipinski definition) is 0. The van der Waals surface area contributed by atoms with Gasteiger partial charge in [0.25, 0.3) is 0 Å². The van der Waals surface area contributed by atoms with Gasteiger partial charge in [0, 0.05) is 33.0 Å². The first-order chi connectivity index (χ1) is 25.9. The van der Waals surface area contributed by atoms with Crippen molar-refractivity contribution >= 4 is 21.9 Å². The summed E-state index contributed by atoms with van der Waals surface area (Å²) < 4.78 is 42.0. The zero-order chi connectivity index (χ0) is 36.1. The first-order valence-electron chi connectivity index (χ1n) is 18.0. The SMILES string of the molecule is [2H]c1cc(-c2nc(-c3ccc(-c4ccccc4)cc3)nc(-c3cccc(-c4ccccc4)c3)n2)c2c(oc3c(-c4ccccc4)c([2H])cc([2H])c32)c1[2H]. The topological polar surface area (TPSA) is 51.8 Å². The molecule has 0 fully saturated rings. The second-order valence-corrected chi connectivity index (χ2v) is 11.7. The lowest BCUT2D eigenvalue weighted by atomic mass is 10.00. The summed E-state index contributed by atoms with van der Waals surface area (Å²) in [6.45, 7) is 0. The normalized spacial score (nSPS) is 12.4. The molecule has 0 saturated heterocycles. The number of rotatable bonds is 6. The van der Waals surface area contributed by atoms with Crippen molar-refractivity contribution in [2.45, 2.75) is 0 Å². The van der Waals surface area contributed by atoms with Crippen molar-refractivity contribution in [1.82, 2.24) is 15.0 Å². The van der Waals surface area contributed by atoms with E-state index in [9.17, 15) is 0 Å². The number of fused-ring (bicyclic) bond motifs is 3. The van der Waals surface area contributed by atoms with Crippen LogP contribution < -0.4 is 0 Å². The molecule has 0 aliphatic rings. The number of benzene rings is 7. The number of furan rings is 1. The van der Waals surface area contributed by atoms with Crippen LogP contribution in [0.25, 0.3) is 89.5 Å². The molecule has 49 heavy (non-hydrogen) atoms. The van der Waals surface area contributed by atoms with Crippen LogP contribution in [0.4, 0.5) is 0 Å². The van der Waals surface area contributed by atoms with Gasteiger partial charge in [0.2, 0.25) is 0 Å². The number of hydrogen-bond acceptors (Lipinski definition) is 4. The van der Waals surface area contributed by atoms with Gasteiger partial charge in [-0.05, 0) is 39.9 Å². The minimum atomic E-state index is -0.119. The van der Waals surface area contributed by atoms with Gasteiger partial charge in [-0.3, -0.25) is 0 Å². The molecule has 2 heterocycles. The predicted octanol–water partition coefficient (Wildman–Crippen LogP) is 11.8. The molecule has 9 aromatic rings. The lowest BCUT2D eigenvalue weighted by Crippen LogP contribution is -2.00. The van der Waals surface area contributed by atoms with Gasteiger partial charge in [0.15, 0.2) is 17.5 Å². The molecule has 0 N–H and O–H groups in total. The quantitative estimate of drug-likeness (QED) is 0.183. The van der Waals surface area contributed by atoms with Gasteiger partial charge >= 0.3 is 0 Å². The second-order valence-electron chi connectivity index (χ2n) is 11.7. The third-order valence-corrected chi connectivity index (χ3v) is 8.66. The molecule has 4 heteroatoms. The van der Waals surface area contributed by atoms with Crippen LogP contribution in [0.2, 0.25) is 0 Å². The molecule has 0 atom stereocenters. The number of nitrogens with zero attached hydrogens (tertiary/aromatic N) is 3. The number of para-hydroxylation sites is 1. The lowest BCUT2D eigenvalue weighted by molar-refractivity contribution is 0.670. The van der Waals surface area contributed by atoms with Gasteiger partial charge in [-0.25, -0.2) is 15.0 Å².